The smallest absolute Gasteiger partial charge is 0.171 e. The minimum Gasteiger partial charge on any atom is -0.348 e. The molecule has 0 saturated carbocycles. The van der Waals surface area contributed by atoms with Gasteiger partial charge in [0, 0.05) is 0 Å². The molecule has 1 heterocycles. The van der Waals surface area contributed by atoms with Crippen LogP contribution in [-0.4, -0.2) is 24.4 Å². The fourth-order valence-corrected chi connectivity index (χ4v) is 1.35. The van der Waals surface area contributed by atoms with Crippen LogP contribution in [0.15, 0.2) is 0 Å². The van der Waals surface area contributed by atoms with Gasteiger partial charge in [-0.1, -0.05) is 0 Å². The van der Waals surface area contributed by atoms with Gasteiger partial charge in [-0.25, -0.2) is 0 Å². The SMILES string of the molecule is C[C@H]1C[C@H](C)OC(CCl)O1. The average molecular weight is 165 g/mol. The van der Waals surface area contributed by atoms with Crippen LogP contribution in [0, 0.1) is 0 Å². The monoisotopic (exact) mass is 164 g/mol. The van der Waals surface area contributed by atoms with Crippen molar-refractivity contribution in [1.29, 1.82) is 0 Å². The summed E-state index contributed by atoms with van der Waals surface area (Å²) in [6.07, 6.45) is 1.34. The molecule has 1 rings (SSSR count). The van der Waals surface area contributed by atoms with Gasteiger partial charge in [0.1, 0.15) is 0 Å². The molecule has 0 aromatic carbocycles. The van der Waals surface area contributed by atoms with Crippen LogP contribution in [0.2, 0.25) is 0 Å². The Balaban J connectivity index is 2.35. The van der Waals surface area contributed by atoms with E-state index in [1.54, 1.807) is 0 Å². The summed E-state index contributed by atoms with van der Waals surface area (Å²) < 4.78 is 10.7. The van der Waals surface area contributed by atoms with E-state index in [1.807, 2.05) is 13.8 Å². The van der Waals surface area contributed by atoms with Gasteiger partial charge in [-0.3, -0.25) is 0 Å². The van der Waals surface area contributed by atoms with Gasteiger partial charge in [-0.2, -0.15) is 0 Å². The van der Waals surface area contributed by atoms with Gasteiger partial charge in [0.25, 0.3) is 0 Å². The first kappa shape index (κ1) is 8.31. The lowest BCUT2D eigenvalue weighted by atomic mass is 10.2. The van der Waals surface area contributed by atoms with Crippen molar-refractivity contribution in [3.05, 3.63) is 0 Å². The number of hydrogen-bond donors (Lipinski definition) is 0. The third-order valence-corrected chi connectivity index (χ3v) is 1.81. The largest absolute Gasteiger partial charge is 0.348 e. The van der Waals surface area contributed by atoms with E-state index >= 15 is 0 Å². The molecule has 0 radical (unpaired) electrons. The van der Waals surface area contributed by atoms with Crippen molar-refractivity contribution >= 4 is 11.6 Å². The molecule has 0 N–H and O–H groups in total. The van der Waals surface area contributed by atoms with Crippen LogP contribution in [0.4, 0.5) is 0 Å². The van der Waals surface area contributed by atoms with E-state index in [1.165, 1.54) is 0 Å². The second-order valence-electron chi connectivity index (χ2n) is 2.71. The van der Waals surface area contributed by atoms with Crippen molar-refractivity contribution in [3.63, 3.8) is 0 Å². The molecule has 0 aromatic heterocycles. The van der Waals surface area contributed by atoms with Crippen LogP contribution in [0.5, 0.6) is 0 Å². The number of ether oxygens (including phenoxy) is 2. The first-order chi connectivity index (χ1) is 4.72. The summed E-state index contributed by atoms with van der Waals surface area (Å²) in [5.41, 5.74) is 0. The van der Waals surface area contributed by atoms with Crippen molar-refractivity contribution in [2.45, 2.75) is 38.8 Å². The molecule has 1 fully saturated rings. The van der Waals surface area contributed by atoms with Crippen molar-refractivity contribution < 1.29 is 9.47 Å². The molecular weight excluding hydrogens is 152 g/mol. The maximum atomic E-state index is 5.56. The molecule has 1 aliphatic rings. The molecule has 0 unspecified atom stereocenters. The quantitative estimate of drug-likeness (QED) is 0.550. The minimum absolute atomic E-state index is 0.194. The Bertz CT molecular complexity index is 97.8. The molecule has 0 bridgehead atoms. The van der Waals surface area contributed by atoms with Crippen molar-refractivity contribution in [2.75, 3.05) is 5.88 Å². The van der Waals surface area contributed by atoms with E-state index in [2.05, 4.69) is 0 Å². The Kier molecular flexibility index (Phi) is 2.96. The van der Waals surface area contributed by atoms with Crippen LogP contribution in [0.25, 0.3) is 0 Å². The van der Waals surface area contributed by atoms with E-state index < -0.39 is 0 Å². The molecule has 1 saturated heterocycles. The highest BCUT2D eigenvalue weighted by Gasteiger charge is 2.23. The van der Waals surface area contributed by atoms with Crippen LogP contribution in [-0.2, 0) is 9.47 Å². The molecule has 0 amide bonds. The lowest BCUT2D eigenvalue weighted by Crippen LogP contribution is -2.36. The number of halogens is 1. The molecular formula is C7H13ClO2. The van der Waals surface area contributed by atoms with Gasteiger partial charge >= 0.3 is 0 Å². The average Bonchev–Trinajstić information content (AvgIpc) is 1.85. The van der Waals surface area contributed by atoms with Gasteiger partial charge in [-0.15, -0.1) is 11.6 Å². The first-order valence-electron chi connectivity index (χ1n) is 3.59. The van der Waals surface area contributed by atoms with Gasteiger partial charge < -0.3 is 9.47 Å². The van der Waals surface area contributed by atoms with E-state index in [4.69, 9.17) is 21.1 Å². The minimum atomic E-state index is -0.194. The summed E-state index contributed by atoms with van der Waals surface area (Å²) in [5, 5.41) is 0. The summed E-state index contributed by atoms with van der Waals surface area (Å²) >= 11 is 5.56. The molecule has 2 atom stereocenters. The fourth-order valence-electron chi connectivity index (χ4n) is 1.20. The fraction of sp³-hybridized carbons (Fsp3) is 1.00. The second kappa shape index (κ2) is 3.56. The zero-order valence-electron chi connectivity index (χ0n) is 6.34. The molecule has 60 valence electrons. The Morgan fingerprint density at radius 3 is 2.20 bits per heavy atom. The zero-order valence-corrected chi connectivity index (χ0v) is 7.10. The maximum absolute atomic E-state index is 5.56. The lowest BCUT2D eigenvalue weighted by molar-refractivity contribution is -0.222. The van der Waals surface area contributed by atoms with Gasteiger partial charge in [-0.05, 0) is 20.3 Å². The van der Waals surface area contributed by atoms with E-state index in [0.29, 0.717) is 5.88 Å². The molecule has 0 spiro atoms. The summed E-state index contributed by atoms with van der Waals surface area (Å²) in [6, 6.07) is 0. The normalized spacial score (nSPS) is 41.7. The highest BCUT2D eigenvalue weighted by Crippen LogP contribution is 2.18. The van der Waals surface area contributed by atoms with Crippen LogP contribution < -0.4 is 0 Å². The third-order valence-electron chi connectivity index (χ3n) is 1.56. The molecule has 10 heavy (non-hydrogen) atoms. The summed E-state index contributed by atoms with van der Waals surface area (Å²) in [7, 11) is 0. The molecule has 2 nitrogen and oxygen atoms in total. The van der Waals surface area contributed by atoms with E-state index in [-0.39, 0.29) is 18.5 Å². The molecule has 0 aromatic rings. The first-order valence-corrected chi connectivity index (χ1v) is 4.12. The van der Waals surface area contributed by atoms with E-state index in [0.717, 1.165) is 6.42 Å². The summed E-state index contributed by atoms with van der Waals surface area (Å²) in [4.78, 5) is 0. The number of rotatable bonds is 1. The number of alkyl halides is 1. The van der Waals surface area contributed by atoms with Crippen molar-refractivity contribution in [1.82, 2.24) is 0 Å². The Morgan fingerprint density at radius 1 is 1.30 bits per heavy atom. The molecule has 1 aliphatic heterocycles. The molecule has 3 heteroatoms. The third kappa shape index (κ3) is 2.11. The van der Waals surface area contributed by atoms with Crippen molar-refractivity contribution in [3.8, 4) is 0 Å². The van der Waals surface area contributed by atoms with Crippen molar-refractivity contribution in [2.24, 2.45) is 0 Å². The summed E-state index contributed by atoms with van der Waals surface area (Å²) in [6.45, 7) is 4.08. The number of hydrogen-bond acceptors (Lipinski definition) is 2. The highest BCUT2D eigenvalue weighted by atomic mass is 35.5. The molecule has 0 aliphatic carbocycles. The Morgan fingerprint density at radius 2 is 1.80 bits per heavy atom. The predicted octanol–water partition coefficient (Wildman–Crippen LogP) is 1.77. The van der Waals surface area contributed by atoms with Crippen LogP contribution in [0.1, 0.15) is 20.3 Å². The summed E-state index contributed by atoms with van der Waals surface area (Å²) in [5.74, 6) is 0.425. The van der Waals surface area contributed by atoms with Crippen LogP contribution >= 0.6 is 11.6 Å². The standard InChI is InChI=1S/C7H13ClO2/c1-5-3-6(2)10-7(4-8)9-5/h5-7H,3-4H2,1-2H3/t5-,6-/m0/s1. The van der Waals surface area contributed by atoms with Gasteiger partial charge in [0.2, 0.25) is 0 Å². The Hall–Kier alpha value is 0.210. The second-order valence-corrected chi connectivity index (χ2v) is 3.02. The van der Waals surface area contributed by atoms with E-state index in [9.17, 15) is 0 Å². The van der Waals surface area contributed by atoms with Crippen LogP contribution in [0.3, 0.4) is 0 Å². The zero-order chi connectivity index (χ0) is 7.56. The highest BCUT2D eigenvalue weighted by molar-refractivity contribution is 6.18. The maximum Gasteiger partial charge on any atom is 0.171 e. The van der Waals surface area contributed by atoms with Gasteiger partial charge in [0.15, 0.2) is 6.29 Å². The Labute approximate surface area is 66.5 Å². The topological polar surface area (TPSA) is 18.5 Å². The predicted molar refractivity (Wildman–Crippen MR) is 40.2 cm³/mol. The van der Waals surface area contributed by atoms with Gasteiger partial charge in [0.05, 0.1) is 18.1 Å². The lowest BCUT2D eigenvalue weighted by Gasteiger charge is -2.31.